The first-order valence-corrected chi connectivity index (χ1v) is 11.1. The molecule has 0 unspecified atom stereocenters. The van der Waals surface area contributed by atoms with Crippen LogP contribution < -0.4 is 0 Å². The van der Waals surface area contributed by atoms with E-state index >= 15 is 0 Å². The van der Waals surface area contributed by atoms with Gasteiger partial charge in [-0.05, 0) is 43.5 Å². The van der Waals surface area contributed by atoms with Gasteiger partial charge in [-0.1, -0.05) is 31.4 Å². The highest BCUT2D eigenvalue weighted by Crippen LogP contribution is 2.35. The van der Waals surface area contributed by atoms with Crippen molar-refractivity contribution in [1.29, 1.82) is 0 Å². The highest BCUT2D eigenvalue weighted by Gasteiger charge is 2.22. The summed E-state index contributed by atoms with van der Waals surface area (Å²) >= 11 is 1.57. The molecule has 1 aliphatic rings. The number of aromatic nitrogens is 2. The van der Waals surface area contributed by atoms with Crippen LogP contribution in [0.1, 0.15) is 69.4 Å². The van der Waals surface area contributed by atoms with E-state index in [-0.39, 0.29) is 11.7 Å². The molecule has 0 saturated heterocycles. The van der Waals surface area contributed by atoms with Crippen LogP contribution in [0, 0.1) is 6.92 Å². The normalized spacial score (nSPS) is 15.0. The third kappa shape index (κ3) is 3.99. The number of hydrogen-bond acceptors (Lipinski definition) is 4. The van der Waals surface area contributed by atoms with E-state index in [0.29, 0.717) is 18.0 Å². The van der Waals surface area contributed by atoms with Crippen LogP contribution in [0.3, 0.4) is 0 Å². The van der Waals surface area contributed by atoms with E-state index in [0.717, 1.165) is 26.4 Å². The molecule has 152 valence electrons. The molecule has 2 heterocycles. The van der Waals surface area contributed by atoms with Gasteiger partial charge in [0.2, 0.25) is 0 Å². The van der Waals surface area contributed by atoms with Crippen molar-refractivity contribution in [3.8, 4) is 0 Å². The van der Waals surface area contributed by atoms with Crippen LogP contribution in [-0.2, 0) is 6.42 Å². The van der Waals surface area contributed by atoms with Gasteiger partial charge in [-0.25, -0.2) is 0 Å². The van der Waals surface area contributed by atoms with E-state index in [1.54, 1.807) is 42.5 Å². The smallest absolute Gasteiger partial charge is 0.253 e. The van der Waals surface area contributed by atoms with Crippen LogP contribution in [0.2, 0.25) is 0 Å². The Bertz CT molecular complexity index is 1040. The van der Waals surface area contributed by atoms with Gasteiger partial charge < -0.3 is 4.90 Å². The topological polar surface area (TPSA) is 55.2 Å². The monoisotopic (exact) mass is 409 g/mol. The number of aryl methyl sites for hydroxylation is 1. The molecule has 1 saturated carbocycles. The number of carbonyl (C=O) groups excluding carboxylic acids is 2. The van der Waals surface area contributed by atoms with Crippen LogP contribution in [-0.4, -0.2) is 40.5 Å². The molecule has 1 amide bonds. The lowest BCUT2D eigenvalue weighted by molar-refractivity contribution is 0.0827. The average Bonchev–Trinajstić information content (AvgIpc) is 3.29. The Balaban J connectivity index is 1.53. The van der Waals surface area contributed by atoms with Gasteiger partial charge in [-0.2, -0.15) is 5.10 Å². The summed E-state index contributed by atoms with van der Waals surface area (Å²) in [5, 5.41) is 5.89. The lowest BCUT2D eigenvalue weighted by atomic mass is 9.96. The van der Waals surface area contributed by atoms with Crippen molar-refractivity contribution in [2.45, 2.75) is 51.5 Å². The molecule has 3 aromatic rings. The highest BCUT2D eigenvalue weighted by atomic mass is 32.1. The van der Waals surface area contributed by atoms with Crippen molar-refractivity contribution >= 4 is 33.2 Å². The Morgan fingerprint density at radius 3 is 2.48 bits per heavy atom. The Morgan fingerprint density at radius 1 is 1.14 bits per heavy atom. The fourth-order valence-electron chi connectivity index (χ4n) is 4.08. The zero-order valence-electron chi connectivity index (χ0n) is 17.3. The first kappa shape index (κ1) is 19.8. The molecule has 0 aliphatic heterocycles. The van der Waals surface area contributed by atoms with Crippen molar-refractivity contribution in [3.63, 3.8) is 0 Å². The summed E-state index contributed by atoms with van der Waals surface area (Å²) in [5.74, 6) is 0.0857. The standard InChI is InChI=1S/C23H27N3O2S/c1-15-19-14-21(29-23(19)26(24-15)18-7-5-4-6-8-18)20(27)13-16-9-11-17(12-10-16)22(28)25(2)3/h9-12,14,18H,4-8,13H2,1-3H3. The number of carbonyl (C=O) groups is 2. The van der Waals surface area contributed by atoms with Gasteiger partial charge in [0.05, 0.1) is 16.6 Å². The minimum atomic E-state index is -0.0323. The maximum atomic E-state index is 12.9. The van der Waals surface area contributed by atoms with E-state index in [1.165, 1.54) is 32.1 Å². The number of hydrogen-bond donors (Lipinski definition) is 0. The summed E-state index contributed by atoms with van der Waals surface area (Å²) in [4.78, 5) is 28.4. The Hall–Kier alpha value is -2.47. The molecule has 1 aliphatic carbocycles. The van der Waals surface area contributed by atoms with Gasteiger partial charge in [0, 0.05) is 31.5 Å². The van der Waals surface area contributed by atoms with Gasteiger partial charge in [0.1, 0.15) is 4.83 Å². The van der Waals surface area contributed by atoms with Crippen LogP contribution in [0.4, 0.5) is 0 Å². The Labute approximate surface area is 175 Å². The second-order valence-electron chi connectivity index (χ2n) is 8.15. The van der Waals surface area contributed by atoms with Crippen LogP contribution in [0.25, 0.3) is 10.2 Å². The summed E-state index contributed by atoms with van der Waals surface area (Å²) in [6.45, 7) is 2.03. The molecule has 1 fully saturated rings. The van der Waals surface area contributed by atoms with Gasteiger partial charge in [-0.15, -0.1) is 11.3 Å². The molecule has 0 atom stereocenters. The zero-order chi connectivity index (χ0) is 20.5. The van der Waals surface area contributed by atoms with Gasteiger partial charge in [0.25, 0.3) is 5.91 Å². The lowest BCUT2D eigenvalue weighted by Crippen LogP contribution is -2.21. The number of fused-ring (bicyclic) bond motifs is 1. The van der Waals surface area contributed by atoms with E-state index < -0.39 is 0 Å². The Kier molecular flexibility index (Phi) is 5.54. The molecule has 6 heteroatoms. The minimum absolute atomic E-state index is 0.0323. The van der Waals surface area contributed by atoms with Crippen molar-refractivity contribution in [1.82, 2.24) is 14.7 Å². The number of amides is 1. The zero-order valence-corrected chi connectivity index (χ0v) is 18.1. The summed E-state index contributed by atoms with van der Waals surface area (Å²) < 4.78 is 2.17. The van der Waals surface area contributed by atoms with Gasteiger partial charge in [-0.3, -0.25) is 14.3 Å². The summed E-state index contributed by atoms with van der Waals surface area (Å²) in [7, 11) is 3.47. The number of rotatable bonds is 5. The number of nitrogens with zero attached hydrogens (tertiary/aromatic N) is 3. The molecule has 2 aromatic heterocycles. The second-order valence-corrected chi connectivity index (χ2v) is 9.18. The average molecular weight is 410 g/mol. The summed E-state index contributed by atoms with van der Waals surface area (Å²) in [6, 6.07) is 9.80. The van der Waals surface area contributed by atoms with Crippen molar-refractivity contribution < 1.29 is 9.59 Å². The maximum absolute atomic E-state index is 12.9. The second kappa shape index (κ2) is 8.11. The molecule has 4 rings (SSSR count). The minimum Gasteiger partial charge on any atom is -0.345 e. The van der Waals surface area contributed by atoms with Crippen molar-refractivity contribution in [2.75, 3.05) is 14.1 Å². The third-order valence-corrected chi connectivity index (χ3v) is 6.90. The maximum Gasteiger partial charge on any atom is 0.253 e. The van der Waals surface area contributed by atoms with Crippen molar-refractivity contribution in [3.05, 3.63) is 52.0 Å². The van der Waals surface area contributed by atoms with E-state index in [9.17, 15) is 9.59 Å². The SMILES string of the molecule is Cc1nn(C2CCCCC2)c2sc(C(=O)Cc3ccc(C(=O)N(C)C)cc3)cc12. The quantitative estimate of drug-likeness (QED) is 0.555. The molecule has 0 spiro atoms. The van der Waals surface area contributed by atoms with E-state index in [2.05, 4.69) is 4.68 Å². The first-order valence-electron chi connectivity index (χ1n) is 10.3. The van der Waals surface area contributed by atoms with Crippen molar-refractivity contribution in [2.24, 2.45) is 0 Å². The fourth-order valence-corrected chi connectivity index (χ4v) is 5.25. The largest absolute Gasteiger partial charge is 0.345 e. The summed E-state index contributed by atoms with van der Waals surface area (Å²) in [5.41, 5.74) is 2.57. The van der Waals surface area contributed by atoms with Gasteiger partial charge in [0.15, 0.2) is 5.78 Å². The molecule has 0 radical (unpaired) electrons. The number of Topliss-reactive ketones (excluding diaryl/α,β-unsaturated/α-hetero) is 1. The number of benzene rings is 1. The molecule has 5 nitrogen and oxygen atoms in total. The highest BCUT2D eigenvalue weighted by molar-refractivity contribution is 7.20. The molecule has 1 aromatic carbocycles. The molecule has 0 N–H and O–H groups in total. The predicted molar refractivity (Wildman–Crippen MR) is 117 cm³/mol. The molecule has 29 heavy (non-hydrogen) atoms. The number of ketones is 1. The Morgan fingerprint density at radius 2 is 1.83 bits per heavy atom. The fraction of sp³-hybridized carbons (Fsp3) is 0.435. The third-order valence-electron chi connectivity index (χ3n) is 5.74. The first-order chi connectivity index (χ1) is 13.9. The van der Waals surface area contributed by atoms with E-state index in [1.807, 2.05) is 25.1 Å². The predicted octanol–water partition coefficient (Wildman–Crippen LogP) is 5.04. The molecule has 0 bridgehead atoms. The van der Waals surface area contributed by atoms with Crippen LogP contribution >= 0.6 is 11.3 Å². The lowest BCUT2D eigenvalue weighted by Gasteiger charge is -2.22. The number of thiophene rings is 1. The van der Waals surface area contributed by atoms with Crippen LogP contribution in [0.5, 0.6) is 0 Å². The van der Waals surface area contributed by atoms with E-state index in [4.69, 9.17) is 5.10 Å². The summed E-state index contributed by atoms with van der Waals surface area (Å²) in [6.07, 6.45) is 6.52. The van der Waals surface area contributed by atoms with Gasteiger partial charge >= 0.3 is 0 Å². The molecular weight excluding hydrogens is 382 g/mol. The van der Waals surface area contributed by atoms with Crippen LogP contribution in [0.15, 0.2) is 30.3 Å². The molecular formula is C23H27N3O2S.